The first kappa shape index (κ1) is 21.6. The molecule has 0 unspecified atom stereocenters. The number of imide groups is 1. The Balaban J connectivity index is 1.32. The summed E-state index contributed by atoms with van der Waals surface area (Å²) in [6, 6.07) is 13.0. The van der Waals surface area contributed by atoms with Gasteiger partial charge < -0.3 is 10.2 Å². The predicted octanol–water partition coefficient (Wildman–Crippen LogP) is 3.77. The number of thiazole rings is 1. The zero-order valence-corrected chi connectivity index (χ0v) is 19.7. The molecule has 1 fully saturated rings. The minimum absolute atomic E-state index is 0.279. The third-order valence-electron chi connectivity index (χ3n) is 6.89. The third kappa shape index (κ3) is 3.58. The fourth-order valence-corrected chi connectivity index (χ4v) is 5.68. The molecule has 0 saturated carbocycles. The molecule has 2 aliphatic rings. The minimum atomic E-state index is -1.17. The Morgan fingerprint density at radius 1 is 1.21 bits per heavy atom. The van der Waals surface area contributed by atoms with Gasteiger partial charge in [-0.15, -0.1) is 11.3 Å². The van der Waals surface area contributed by atoms with Crippen molar-refractivity contribution in [2.24, 2.45) is 0 Å². The Bertz CT molecular complexity index is 1250. The number of nitrogens with zero attached hydrogens (tertiary/aromatic N) is 3. The highest BCUT2D eigenvalue weighted by Crippen LogP contribution is 2.33. The number of carbonyl (C=O) groups is 3. The van der Waals surface area contributed by atoms with Crippen molar-refractivity contribution < 1.29 is 14.4 Å². The molecule has 7 nitrogen and oxygen atoms in total. The van der Waals surface area contributed by atoms with Crippen LogP contribution in [0.1, 0.15) is 48.0 Å². The number of rotatable bonds is 5. The molecule has 0 bridgehead atoms. The van der Waals surface area contributed by atoms with Gasteiger partial charge in [0.05, 0.1) is 16.3 Å². The largest absolute Gasteiger partial charge is 0.335 e. The smallest absolute Gasteiger partial charge is 0.325 e. The van der Waals surface area contributed by atoms with E-state index in [1.807, 2.05) is 49.4 Å². The van der Waals surface area contributed by atoms with Crippen molar-refractivity contribution >= 4 is 39.4 Å². The molecule has 33 heavy (non-hydrogen) atoms. The summed E-state index contributed by atoms with van der Waals surface area (Å²) in [6.45, 7) is 3.30. The van der Waals surface area contributed by atoms with Gasteiger partial charge in [-0.25, -0.2) is 9.78 Å². The van der Waals surface area contributed by atoms with Crippen LogP contribution in [-0.4, -0.2) is 46.2 Å². The number of para-hydroxylation sites is 1. The number of nitrogens with one attached hydrogen (secondary N) is 1. The first-order valence-electron chi connectivity index (χ1n) is 11.2. The number of aryl methyl sites for hydroxylation is 2. The second kappa shape index (κ2) is 7.95. The highest BCUT2D eigenvalue weighted by molar-refractivity contribution is 7.18. The molecule has 4 amide bonds. The molecule has 1 aromatic heterocycles. The number of likely N-dealkylation sites (N-methyl/N-ethyl adjacent to an activating group) is 1. The van der Waals surface area contributed by atoms with Crippen molar-refractivity contribution in [1.82, 2.24) is 20.1 Å². The highest BCUT2D eigenvalue weighted by atomic mass is 32.1. The SMILES string of the molecule is C[C@@H](c1nc2ccccc2s1)N(C)C(=O)CN1C(=O)N[C@](C)(c2ccc3c(c2)CCC3)C1=O. The Labute approximate surface area is 196 Å². The quantitative estimate of drug-likeness (QED) is 0.585. The van der Waals surface area contributed by atoms with Crippen LogP contribution in [0.2, 0.25) is 0 Å². The number of aromatic nitrogens is 1. The van der Waals surface area contributed by atoms with Gasteiger partial charge in [0.15, 0.2) is 0 Å². The summed E-state index contributed by atoms with van der Waals surface area (Å²) in [4.78, 5) is 46.3. The maximum Gasteiger partial charge on any atom is 0.325 e. The summed E-state index contributed by atoms with van der Waals surface area (Å²) in [5.41, 5.74) is 3.01. The fourth-order valence-electron chi connectivity index (χ4n) is 4.62. The number of hydrogen-bond acceptors (Lipinski definition) is 5. The van der Waals surface area contributed by atoms with Crippen LogP contribution in [0.5, 0.6) is 0 Å². The maximum atomic E-state index is 13.3. The highest BCUT2D eigenvalue weighted by Gasteiger charge is 2.50. The van der Waals surface area contributed by atoms with Gasteiger partial charge in [-0.3, -0.25) is 14.5 Å². The van der Waals surface area contributed by atoms with Gasteiger partial charge in [0.2, 0.25) is 5.91 Å². The second-order valence-corrected chi connectivity index (χ2v) is 10.0. The van der Waals surface area contributed by atoms with Gasteiger partial charge in [-0.05, 0) is 61.9 Å². The Kier molecular flexibility index (Phi) is 5.20. The first-order chi connectivity index (χ1) is 15.8. The summed E-state index contributed by atoms with van der Waals surface area (Å²) in [6.07, 6.45) is 3.14. The van der Waals surface area contributed by atoms with E-state index in [0.29, 0.717) is 0 Å². The third-order valence-corrected chi connectivity index (χ3v) is 8.09. The number of carbonyl (C=O) groups excluding carboxylic acids is 3. The van der Waals surface area contributed by atoms with Gasteiger partial charge in [0, 0.05) is 7.05 Å². The summed E-state index contributed by atoms with van der Waals surface area (Å²) in [7, 11) is 1.68. The van der Waals surface area contributed by atoms with Gasteiger partial charge in [-0.1, -0.05) is 30.3 Å². The molecule has 0 radical (unpaired) electrons. The number of amides is 4. The average molecular weight is 463 g/mol. The standard InChI is InChI=1S/C25H26N4O3S/c1-15(22-26-19-9-4-5-10-20(19)33-22)28(3)21(30)14-29-23(31)25(2,27-24(29)32)18-12-11-16-7-6-8-17(16)13-18/h4-5,9-13,15H,6-8,14H2,1-3H3,(H,27,32)/t15-,25+/m0/s1. The molecule has 170 valence electrons. The van der Waals surface area contributed by atoms with Gasteiger partial charge in [0.1, 0.15) is 17.1 Å². The van der Waals surface area contributed by atoms with Crippen LogP contribution in [0.15, 0.2) is 42.5 Å². The van der Waals surface area contributed by atoms with E-state index in [4.69, 9.17) is 0 Å². The van der Waals surface area contributed by atoms with Gasteiger partial charge >= 0.3 is 6.03 Å². The zero-order chi connectivity index (χ0) is 23.3. The minimum Gasteiger partial charge on any atom is -0.335 e. The second-order valence-electron chi connectivity index (χ2n) is 8.98. The van der Waals surface area contributed by atoms with Crippen LogP contribution in [-0.2, 0) is 28.0 Å². The van der Waals surface area contributed by atoms with Crippen LogP contribution < -0.4 is 5.32 Å². The van der Waals surface area contributed by atoms with Crippen molar-refractivity contribution in [3.63, 3.8) is 0 Å². The van der Waals surface area contributed by atoms with Crippen LogP contribution >= 0.6 is 11.3 Å². The Morgan fingerprint density at radius 3 is 2.76 bits per heavy atom. The number of benzene rings is 2. The lowest BCUT2D eigenvalue weighted by Crippen LogP contribution is -2.44. The summed E-state index contributed by atoms with van der Waals surface area (Å²) in [5, 5.41) is 3.63. The van der Waals surface area contributed by atoms with Crippen LogP contribution in [0, 0.1) is 0 Å². The molecule has 2 heterocycles. The molecule has 0 spiro atoms. The molecular weight excluding hydrogens is 436 g/mol. The Hall–Kier alpha value is -3.26. The van der Waals surface area contributed by atoms with Gasteiger partial charge in [0.25, 0.3) is 5.91 Å². The molecule has 1 aliphatic heterocycles. The van der Waals surface area contributed by atoms with Crippen molar-refractivity contribution in [2.45, 2.75) is 44.7 Å². The van der Waals surface area contributed by atoms with E-state index < -0.39 is 17.5 Å². The van der Waals surface area contributed by atoms with Crippen molar-refractivity contribution in [1.29, 1.82) is 0 Å². The van der Waals surface area contributed by atoms with E-state index in [0.717, 1.165) is 45.0 Å². The predicted molar refractivity (Wildman–Crippen MR) is 127 cm³/mol. The molecule has 1 saturated heterocycles. The molecule has 1 N–H and O–H groups in total. The van der Waals surface area contributed by atoms with E-state index in [9.17, 15) is 14.4 Å². The fraction of sp³-hybridized carbons (Fsp3) is 0.360. The topological polar surface area (TPSA) is 82.6 Å². The molecule has 3 aromatic rings. The zero-order valence-electron chi connectivity index (χ0n) is 18.9. The normalized spacial score (nSPS) is 20.8. The molecule has 8 heteroatoms. The molecular formula is C25H26N4O3S. The first-order valence-corrected chi connectivity index (χ1v) is 12.0. The summed E-state index contributed by atoms with van der Waals surface area (Å²) in [5.74, 6) is -0.719. The molecule has 1 aliphatic carbocycles. The molecule has 2 atom stereocenters. The van der Waals surface area contributed by atoms with Crippen molar-refractivity contribution in [2.75, 3.05) is 13.6 Å². The average Bonchev–Trinajstić information content (AvgIpc) is 3.51. The monoisotopic (exact) mass is 462 g/mol. The lowest BCUT2D eigenvalue weighted by molar-refractivity contribution is -0.139. The molecule has 2 aromatic carbocycles. The van der Waals surface area contributed by atoms with Gasteiger partial charge in [-0.2, -0.15) is 0 Å². The van der Waals surface area contributed by atoms with E-state index >= 15 is 0 Å². The van der Waals surface area contributed by atoms with Crippen LogP contribution in [0.4, 0.5) is 4.79 Å². The van der Waals surface area contributed by atoms with Crippen LogP contribution in [0.25, 0.3) is 10.2 Å². The summed E-state index contributed by atoms with van der Waals surface area (Å²) >= 11 is 1.54. The lowest BCUT2D eigenvalue weighted by Gasteiger charge is -2.26. The number of fused-ring (bicyclic) bond motifs is 2. The lowest BCUT2D eigenvalue weighted by atomic mass is 9.89. The summed E-state index contributed by atoms with van der Waals surface area (Å²) < 4.78 is 1.06. The number of urea groups is 1. The maximum absolute atomic E-state index is 13.3. The van der Waals surface area contributed by atoms with E-state index in [2.05, 4.69) is 10.3 Å². The molecule has 5 rings (SSSR count). The number of hydrogen-bond donors (Lipinski definition) is 1. The van der Waals surface area contributed by atoms with Crippen molar-refractivity contribution in [3.8, 4) is 0 Å². The van der Waals surface area contributed by atoms with E-state index in [1.54, 1.807) is 18.9 Å². The van der Waals surface area contributed by atoms with Crippen LogP contribution in [0.3, 0.4) is 0 Å². The Morgan fingerprint density at radius 2 is 1.97 bits per heavy atom. The van der Waals surface area contributed by atoms with E-state index in [1.165, 1.54) is 22.5 Å². The van der Waals surface area contributed by atoms with E-state index in [-0.39, 0.29) is 18.5 Å². The van der Waals surface area contributed by atoms with Crippen molar-refractivity contribution in [3.05, 3.63) is 64.2 Å².